The highest BCUT2D eigenvalue weighted by Crippen LogP contribution is 2.17. The van der Waals surface area contributed by atoms with Crippen LogP contribution in [0.2, 0.25) is 5.02 Å². The summed E-state index contributed by atoms with van der Waals surface area (Å²) in [6.07, 6.45) is 0. The standard InChI is InChI=1S/C19H22ClFN2O3S/c1-12(2)18(23-27(25,26)16-6-4-5-15(20)10-16)19(24)22-11-14-8-7-13(3)17(21)9-14/h4-10,12,18,23H,11H2,1-3H3,(H,22,24)/t18-/m0/s1. The second-order valence-corrected chi connectivity index (χ2v) is 8.75. The number of hydrogen-bond donors (Lipinski definition) is 2. The molecule has 8 heteroatoms. The molecule has 0 bridgehead atoms. The SMILES string of the molecule is Cc1ccc(CNC(=O)[C@@H](NS(=O)(=O)c2cccc(Cl)c2)C(C)C)cc1F. The topological polar surface area (TPSA) is 75.3 Å². The number of aryl methyl sites for hydroxylation is 1. The lowest BCUT2D eigenvalue weighted by Crippen LogP contribution is -2.49. The van der Waals surface area contributed by atoms with Gasteiger partial charge in [0.05, 0.1) is 4.90 Å². The fourth-order valence-electron chi connectivity index (χ4n) is 2.41. The first-order chi connectivity index (χ1) is 12.6. The molecule has 0 spiro atoms. The summed E-state index contributed by atoms with van der Waals surface area (Å²) in [6.45, 7) is 5.21. The van der Waals surface area contributed by atoms with Crippen molar-refractivity contribution < 1.29 is 17.6 Å². The summed E-state index contributed by atoms with van der Waals surface area (Å²) in [6, 6.07) is 9.49. The van der Waals surface area contributed by atoms with Crippen LogP contribution in [0.25, 0.3) is 0 Å². The summed E-state index contributed by atoms with van der Waals surface area (Å²) in [5, 5.41) is 2.94. The van der Waals surface area contributed by atoms with Crippen LogP contribution in [0.4, 0.5) is 4.39 Å². The zero-order valence-electron chi connectivity index (χ0n) is 15.3. The van der Waals surface area contributed by atoms with E-state index in [0.29, 0.717) is 11.1 Å². The molecule has 0 unspecified atom stereocenters. The number of rotatable bonds is 7. The Kier molecular flexibility index (Phi) is 6.97. The first-order valence-electron chi connectivity index (χ1n) is 8.41. The van der Waals surface area contributed by atoms with Crippen molar-refractivity contribution in [3.05, 3.63) is 64.4 Å². The van der Waals surface area contributed by atoms with Gasteiger partial charge in [-0.05, 0) is 48.2 Å². The van der Waals surface area contributed by atoms with Gasteiger partial charge in [-0.25, -0.2) is 12.8 Å². The maximum atomic E-state index is 13.6. The van der Waals surface area contributed by atoms with Crippen molar-refractivity contribution in [1.82, 2.24) is 10.0 Å². The van der Waals surface area contributed by atoms with Crippen LogP contribution in [0, 0.1) is 18.7 Å². The summed E-state index contributed by atoms with van der Waals surface area (Å²) >= 11 is 5.85. The molecule has 0 aromatic heterocycles. The van der Waals surface area contributed by atoms with E-state index in [4.69, 9.17) is 11.6 Å². The summed E-state index contributed by atoms with van der Waals surface area (Å²) < 4.78 is 41.2. The lowest BCUT2D eigenvalue weighted by Gasteiger charge is -2.22. The molecule has 5 nitrogen and oxygen atoms in total. The largest absolute Gasteiger partial charge is 0.351 e. The van der Waals surface area contributed by atoms with Crippen LogP contribution < -0.4 is 10.0 Å². The van der Waals surface area contributed by atoms with E-state index >= 15 is 0 Å². The van der Waals surface area contributed by atoms with Crippen molar-refractivity contribution in [1.29, 1.82) is 0 Å². The maximum Gasteiger partial charge on any atom is 0.241 e. The van der Waals surface area contributed by atoms with Crippen molar-refractivity contribution >= 4 is 27.5 Å². The molecule has 0 heterocycles. The first-order valence-corrected chi connectivity index (χ1v) is 10.3. The molecule has 2 aromatic rings. The highest BCUT2D eigenvalue weighted by molar-refractivity contribution is 7.89. The van der Waals surface area contributed by atoms with Gasteiger partial charge in [-0.1, -0.05) is 43.6 Å². The Morgan fingerprint density at radius 3 is 2.48 bits per heavy atom. The van der Waals surface area contributed by atoms with E-state index in [0.717, 1.165) is 0 Å². The Morgan fingerprint density at radius 1 is 1.19 bits per heavy atom. The Hall–Kier alpha value is -1.96. The van der Waals surface area contributed by atoms with Gasteiger partial charge in [0.15, 0.2) is 0 Å². The molecule has 0 saturated heterocycles. The smallest absolute Gasteiger partial charge is 0.241 e. The van der Waals surface area contributed by atoms with Crippen molar-refractivity contribution in [3.8, 4) is 0 Å². The molecule has 146 valence electrons. The van der Waals surface area contributed by atoms with E-state index in [9.17, 15) is 17.6 Å². The highest BCUT2D eigenvalue weighted by Gasteiger charge is 2.28. The van der Waals surface area contributed by atoms with Gasteiger partial charge >= 0.3 is 0 Å². The number of nitrogens with one attached hydrogen (secondary N) is 2. The Bertz CT molecular complexity index is 932. The van der Waals surface area contributed by atoms with Crippen LogP contribution in [0.1, 0.15) is 25.0 Å². The maximum absolute atomic E-state index is 13.6. The van der Waals surface area contributed by atoms with Crippen molar-refractivity contribution in [3.63, 3.8) is 0 Å². The van der Waals surface area contributed by atoms with Gasteiger partial charge in [0.25, 0.3) is 0 Å². The average molecular weight is 413 g/mol. The molecule has 0 aliphatic carbocycles. The fraction of sp³-hybridized carbons (Fsp3) is 0.316. The minimum atomic E-state index is -3.92. The van der Waals surface area contributed by atoms with Gasteiger partial charge in [-0.15, -0.1) is 0 Å². The summed E-state index contributed by atoms with van der Waals surface area (Å²) in [4.78, 5) is 12.5. The number of carbonyl (C=O) groups excluding carboxylic acids is 1. The number of halogens is 2. The second-order valence-electron chi connectivity index (χ2n) is 6.60. The summed E-state index contributed by atoms with van der Waals surface area (Å²) in [5.74, 6) is -1.14. The van der Waals surface area contributed by atoms with Gasteiger partial charge in [-0.3, -0.25) is 4.79 Å². The molecule has 0 aliphatic heterocycles. The summed E-state index contributed by atoms with van der Waals surface area (Å²) in [7, 11) is -3.92. The van der Waals surface area contributed by atoms with Gasteiger partial charge < -0.3 is 5.32 Å². The van der Waals surface area contributed by atoms with Gasteiger partial charge in [-0.2, -0.15) is 4.72 Å². The van der Waals surface area contributed by atoms with Crippen LogP contribution in [0.15, 0.2) is 47.4 Å². The second kappa shape index (κ2) is 8.82. The number of sulfonamides is 1. The molecule has 2 N–H and O–H groups in total. The Labute approximate surface area is 164 Å². The van der Waals surface area contributed by atoms with E-state index in [-0.39, 0.29) is 28.2 Å². The molecule has 0 saturated carbocycles. The molecule has 0 radical (unpaired) electrons. The predicted octanol–water partition coefficient (Wildman–Crippen LogP) is 3.41. The predicted molar refractivity (Wildman–Crippen MR) is 103 cm³/mol. The average Bonchev–Trinajstić information content (AvgIpc) is 2.60. The van der Waals surface area contributed by atoms with Gasteiger partial charge in [0.1, 0.15) is 11.9 Å². The zero-order chi connectivity index (χ0) is 20.2. The van der Waals surface area contributed by atoms with E-state index in [1.165, 1.54) is 24.3 Å². The monoisotopic (exact) mass is 412 g/mol. The van der Waals surface area contributed by atoms with E-state index < -0.39 is 22.0 Å². The molecule has 27 heavy (non-hydrogen) atoms. The van der Waals surface area contributed by atoms with Crippen molar-refractivity contribution in [2.24, 2.45) is 5.92 Å². The normalized spacial score (nSPS) is 12.8. The third-order valence-corrected chi connectivity index (χ3v) is 5.71. The quantitative estimate of drug-likeness (QED) is 0.731. The Morgan fingerprint density at radius 2 is 1.89 bits per heavy atom. The third kappa shape index (κ3) is 5.76. The van der Waals surface area contributed by atoms with Crippen LogP contribution in [0.3, 0.4) is 0 Å². The third-order valence-electron chi connectivity index (χ3n) is 4.04. The highest BCUT2D eigenvalue weighted by atomic mass is 35.5. The van der Waals surface area contributed by atoms with Crippen LogP contribution in [-0.4, -0.2) is 20.4 Å². The lowest BCUT2D eigenvalue weighted by molar-refractivity contribution is -0.123. The van der Waals surface area contributed by atoms with Gasteiger partial charge in [0, 0.05) is 11.6 Å². The molecular weight excluding hydrogens is 391 g/mol. The van der Waals surface area contributed by atoms with E-state index in [1.54, 1.807) is 39.0 Å². The lowest BCUT2D eigenvalue weighted by atomic mass is 10.0. The zero-order valence-corrected chi connectivity index (χ0v) is 16.9. The minimum absolute atomic E-state index is 0.0194. The van der Waals surface area contributed by atoms with Crippen LogP contribution in [0.5, 0.6) is 0 Å². The minimum Gasteiger partial charge on any atom is -0.351 e. The van der Waals surface area contributed by atoms with Gasteiger partial charge in [0.2, 0.25) is 15.9 Å². The molecular formula is C19H22ClFN2O3S. The van der Waals surface area contributed by atoms with Crippen molar-refractivity contribution in [2.75, 3.05) is 0 Å². The van der Waals surface area contributed by atoms with Crippen molar-refractivity contribution in [2.45, 2.75) is 38.3 Å². The molecule has 1 amide bonds. The van der Waals surface area contributed by atoms with E-state index in [2.05, 4.69) is 10.0 Å². The molecule has 0 aliphatic rings. The molecule has 2 aromatic carbocycles. The van der Waals surface area contributed by atoms with E-state index in [1.807, 2.05) is 0 Å². The summed E-state index contributed by atoms with van der Waals surface area (Å²) in [5.41, 5.74) is 1.10. The van der Waals surface area contributed by atoms with Crippen LogP contribution >= 0.6 is 11.6 Å². The fourth-order valence-corrected chi connectivity index (χ4v) is 4.05. The Balaban J connectivity index is 2.11. The molecule has 0 fully saturated rings. The van der Waals surface area contributed by atoms with Crippen LogP contribution in [-0.2, 0) is 21.4 Å². The number of amides is 1. The number of hydrogen-bond acceptors (Lipinski definition) is 3. The first kappa shape index (κ1) is 21.3. The molecule has 2 rings (SSSR count). The number of benzene rings is 2. The molecule has 1 atom stereocenters. The number of carbonyl (C=O) groups is 1.